The number of para-hydroxylation sites is 2. The lowest BCUT2D eigenvalue weighted by atomic mass is 10.3. The minimum absolute atomic E-state index is 0.822. The SMILES string of the molecule is CC.CC.Nc1ccccc1.Nc1ccccc1. The summed E-state index contributed by atoms with van der Waals surface area (Å²) in [5.41, 5.74) is 12.4. The Morgan fingerprint density at radius 3 is 0.833 bits per heavy atom. The van der Waals surface area contributed by atoms with Crippen molar-refractivity contribution in [2.24, 2.45) is 0 Å². The van der Waals surface area contributed by atoms with Gasteiger partial charge in [-0.1, -0.05) is 64.1 Å². The maximum atomic E-state index is 5.36. The number of anilines is 2. The summed E-state index contributed by atoms with van der Waals surface area (Å²) in [4.78, 5) is 0. The van der Waals surface area contributed by atoms with E-state index in [0.29, 0.717) is 0 Å². The maximum absolute atomic E-state index is 5.36. The van der Waals surface area contributed by atoms with E-state index in [9.17, 15) is 0 Å². The molecule has 100 valence electrons. The van der Waals surface area contributed by atoms with Crippen LogP contribution in [-0.4, -0.2) is 0 Å². The number of hydrogen-bond donors (Lipinski definition) is 2. The standard InChI is InChI=1S/2C6H7N.2C2H6/c2*7-6-4-2-1-3-5-6;2*1-2/h2*1-5H,7H2;2*1-2H3. The predicted octanol–water partition coefficient (Wildman–Crippen LogP) is 4.59. The van der Waals surface area contributed by atoms with Gasteiger partial charge in [-0.25, -0.2) is 0 Å². The second-order valence-electron chi connectivity index (χ2n) is 2.82. The van der Waals surface area contributed by atoms with E-state index in [1.54, 1.807) is 0 Å². The lowest BCUT2D eigenvalue weighted by Crippen LogP contribution is -1.79. The van der Waals surface area contributed by atoms with Crippen LogP contribution in [0.25, 0.3) is 0 Å². The highest BCUT2D eigenvalue weighted by molar-refractivity contribution is 5.36. The summed E-state index contributed by atoms with van der Waals surface area (Å²) in [5, 5.41) is 0. The van der Waals surface area contributed by atoms with Crippen LogP contribution < -0.4 is 11.5 Å². The molecule has 0 fully saturated rings. The number of nitrogen functional groups attached to an aromatic ring is 2. The molecule has 4 N–H and O–H groups in total. The fourth-order valence-electron chi connectivity index (χ4n) is 0.906. The smallest absolute Gasteiger partial charge is 0.0313 e. The molecule has 0 spiro atoms. The third-order valence-electron chi connectivity index (χ3n) is 1.60. The van der Waals surface area contributed by atoms with E-state index >= 15 is 0 Å². The van der Waals surface area contributed by atoms with Gasteiger partial charge in [-0.3, -0.25) is 0 Å². The molecule has 0 unspecified atom stereocenters. The molecular weight excluding hydrogens is 220 g/mol. The van der Waals surface area contributed by atoms with Crippen molar-refractivity contribution in [2.45, 2.75) is 27.7 Å². The van der Waals surface area contributed by atoms with E-state index < -0.39 is 0 Å². The van der Waals surface area contributed by atoms with Gasteiger partial charge < -0.3 is 11.5 Å². The molecule has 2 rings (SSSR count). The number of rotatable bonds is 0. The Bertz CT molecular complexity index is 306. The zero-order valence-corrected chi connectivity index (χ0v) is 11.9. The molecule has 0 radical (unpaired) electrons. The van der Waals surface area contributed by atoms with Crippen molar-refractivity contribution in [1.29, 1.82) is 0 Å². The zero-order valence-electron chi connectivity index (χ0n) is 11.9. The van der Waals surface area contributed by atoms with Crippen molar-refractivity contribution in [1.82, 2.24) is 0 Å². The number of nitrogens with two attached hydrogens (primary N) is 2. The first-order valence-corrected chi connectivity index (χ1v) is 6.40. The average molecular weight is 246 g/mol. The molecular formula is C16H26N2. The molecule has 0 bridgehead atoms. The molecule has 0 aliphatic carbocycles. The molecule has 0 aromatic heterocycles. The van der Waals surface area contributed by atoms with Crippen LogP contribution in [-0.2, 0) is 0 Å². The van der Waals surface area contributed by atoms with Crippen LogP contribution in [0.1, 0.15) is 27.7 Å². The van der Waals surface area contributed by atoms with Gasteiger partial charge in [0.15, 0.2) is 0 Å². The summed E-state index contributed by atoms with van der Waals surface area (Å²) in [6.45, 7) is 8.00. The van der Waals surface area contributed by atoms with Crippen LogP contribution in [0.2, 0.25) is 0 Å². The highest BCUT2D eigenvalue weighted by Gasteiger charge is 1.72. The minimum atomic E-state index is 0.822. The molecule has 0 saturated carbocycles. The first-order chi connectivity index (χ1) is 8.79. The fourth-order valence-corrected chi connectivity index (χ4v) is 0.906. The average Bonchev–Trinajstić information content (AvgIpc) is 2.46. The van der Waals surface area contributed by atoms with Crippen LogP contribution in [0.3, 0.4) is 0 Å². The fraction of sp³-hybridized carbons (Fsp3) is 0.250. The highest BCUT2D eigenvalue weighted by atomic mass is 14.5. The summed E-state index contributed by atoms with van der Waals surface area (Å²) in [5.74, 6) is 0. The van der Waals surface area contributed by atoms with Gasteiger partial charge in [0, 0.05) is 11.4 Å². The summed E-state index contributed by atoms with van der Waals surface area (Å²) in [6, 6.07) is 19.0. The third kappa shape index (κ3) is 12.1. The largest absolute Gasteiger partial charge is 0.399 e. The van der Waals surface area contributed by atoms with Gasteiger partial charge in [-0.15, -0.1) is 0 Å². The molecule has 2 heteroatoms. The Hall–Kier alpha value is -1.96. The van der Waals surface area contributed by atoms with E-state index in [4.69, 9.17) is 11.5 Å². The lowest BCUT2D eigenvalue weighted by molar-refractivity contribution is 1.50. The Balaban J connectivity index is 0. The van der Waals surface area contributed by atoms with Crippen molar-refractivity contribution < 1.29 is 0 Å². The maximum Gasteiger partial charge on any atom is 0.0313 e. The van der Waals surface area contributed by atoms with Crippen molar-refractivity contribution in [2.75, 3.05) is 11.5 Å². The molecule has 2 nitrogen and oxygen atoms in total. The van der Waals surface area contributed by atoms with Crippen LogP contribution in [0.5, 0.6) is 0 Å². The van der Waals surface area contributed by atoms with E-state index in [1.807, 2.05) is 88.4 Å². The lowest BCUT2D eigenvalue weighted by Gasteiger charge is -1.83. The molecule has 0 aliphatic rings. The second kappa shape index (κ2) is 15.0. The van der Waals surface area contributed by atoms with Crippen LogP contribution in [0.4, 0.5) is 11.4 Å². The van der Waals surface area contributed by atoms with Crippen LogP contribution >= 0.6 is 0 Å². The van der Waals surface area contributed by atoms with Gasteiger partial charge in [0.05, 0.1) is 0 Å². The van der Waals surface area contributed by atoms with Crippen LogP contribution in [0, 0.1) is 0 Å². The monoisotopic (exact) mass is 246 g/mol. The number of benzene rings is 2. The summed E-state index contributed by atoms with van der Waals surface area (Å²) < 4.78 is 0. The van der Waals surface area contributed by atoms with Crippen LogP contribution in [0.15, 0.2) is 60.7 Å². The van der Waals surface area contributed by atoms with Crippen molar-refractivity contribution in [3.63, 3.8) is 0 Å². The summed E-state index contributed by atoms with van der Waals surface area (Å²) in [7, 11) is 0. The minimum Gasteiger partial charge on any atom is -0.399 e. The molecule has 2 aromatic rings. The van der Waals surface area contributed by atoms with Gasteiger partial charge in [-0.05, 0) is 24.3 Å². The molecule has 0 saturated heterocycles. The Morgan fingerprint density at radius 1 is 0.500 bits per heavy atom. The van der Waals surface area contributed by atoms with E-state index in [0.717, 1.165) is 11.4 Å². The van der Waals surface area contributed by atoms with Gasteiger partial charge in [-0.2, -0.15) is 0 Å². The predicted molar refractivity (Wildman–Crippen MR) is 84.4 cm³/mol. The van der Waals surface area contributed by atoms with E-state index in [-0.39, 0.29) is 0 Å². The number of hydrogen-bond acceptors (Lipinski definition) is 2. The summed E-state index contributed by atoms with van der Waals surface area (Å²) >= 11 is 0. The van der Waals surface area contributed by atoms with Gasteiger partial charge in [0.2, 0.25) is 0 Å². The van der Waals surface area contributed by atoms with Crippen molar-refractivity contribution in [3.05, 3.63) is 60.7 Å². The highest BCUT2D eigenvalue weighted by Crippen LogP contribution is 1.96. The van der Waals surface area contributed by atoms with E-state index in [2.05, 4.69) is 0 Å². The Kier molecular flexibility index (Phi) is 15.4. The Morgan fingerprint density at radius 2 is 0.722 bits per heavy atom. The van der Waals surface area contributed by atoms with Gasteiger partial charge in [0.25, 0.3) is 0 Å². The normalized spacial score (nSPS) is 7.33. The molecule has 18 heavy (non-hydrogen) atoms. The Labute approximate surface area is 112 Å². The molecule has 0 aliphatic heterocycles. The quantitative estimate of drug-likeness (QED) is 0.668. The third-order valence-corrected chi connectivity index (χ3v) is 1.60. The van der Waals surface area contributed by atoms with Crippen molar-refractivity contribution in [3.8, 4) is 0 Å². The van der Waals surface area contributed by atoms with Gasteiger partial charge >= 0.3 is 0 Å². The van der Waals surface area contributed by atoms with E-state index in [1.165, 1.54) is 0 Å². The molecule has 0 heterocycles. The first-order valence-electron chi connectivity index (χ1n) is 6.40. The molecule has 0 atom stereocenters. The summed E-state index contributed by atoms with van der Waals surface area (Å²) in [6.07, 6.45) is 0. The molecule has 2 aromatic carbocycles. The zero-order chi connectivity index (χ0) is 14.2. The topological polar surface area (TPSA) is 52.0 Å². The van der Waals surface area contributed by atoms with Gasteiger partial charge in [0.1, 0.15) is 0 Å². The second-order valence-corrected chi connectivity index (χ2v) is 2.82. The van der Waals surface area contributed by atoms with Crippen molar-refractivity contribution >= 4 is 11.4 Å². The molecule has 0 amide bonds. The first kappa shape index (κ1) is 18.4.